The van der Waals surface area contributed by atoms with Crippen molar-refractivity contribution in [3.05, 3.63) is 59.8 Å². The number of unbranched alkanes of at least 4 members (excludes halogenated alkanes) is 1. The van der Waals surface area contributed by atoms with Crippen molar-refractivity contribution in [1.29, 1.82) is 0 Å². The van der Waals surface area contributed by atoms with Gasteiger partial charge in [-0.05, 0) is 49.2 Å². The minimum absolute atomic E-state index is 0.0708. The third-order valence-corrected chi connectivity index (χ3v) is 6.38. The van der Waals surface area contributed by atoms with E-state index < -0.39 is 12.1 Å². The SMILES string of the molecule is FC(F)(F)Oc1ccc(CNCCCCOC2CN(c3cc(-n4cnnc4)cc4[nH]ncc34)C2)cc1Cl. The van der Waals surface area contributed by atoms with E-state index in [1.165, 1.54) is 12.1 Å². The van der Waals surface area contributed by atoms with Gasteiger partial charge >= 0.3 is 6.36 Å². The number of fused-ring (bicyclic) bond motifs is 1. The number of hydrogen-bond acceptors (Lipinski definition) is 7. The maximum Gasteiger partial charge on any atom is 0.573 e. The van der Waals surface area contributed by atoms with E-state index in [2.05, 4.69) is 41.4 Å². The Labute approximate surface area is 215 Å². The van der Waals surface area contributed by atoms with Crippen LogP contribution in [0.2, 0.25) is 5.02 Å². The Morgan fingerprint density at radius 1 is 1.11 bits per heavy atom. The molecule has 1 fully saturated rings. The number of aromatic amines is 1. The molecular formula is C24H25ClF3N7O2. The lowest BCUT2D eigenvalue weighted by molar-refractivity contribution is -0.274. The molecule has 0 unspecified atom stereocenters. The fourth-order valence-corrected chi connectivity index (χ4v) is 4.44. The quantitative estimate of drug-likeness (QED) is 0.274. The summed E-state index contributed by atoms with van der Waals surface area (Å²) >= 11 is 5.89. The lowest BCUT2D eigenvalue weighted by Gasteiger charge is -2.41. The molecule has 2 aromatic heterocycles. The molecule has 4 aromatic rings. The van der Waals surface area contributed by atoms with Crippen molar-refractivity contribution in [2.45, 2.75) is 31.9 Å². The van der Waals surface area contributed by atoms with Crippen LogP contribution in [0.25, 0.3) is 16.6 Å². The average Bonchev–Trinajstić information content (AvgIpc) is 3.52. The van der Waals surface area contributed by atoms with Crippen LogP contribution in [0.5, 0.6) is 5.75 Å². The van der Waals surface area contributed by atoms with Gasteiger partial charge in [-0.25, -0.2) is 0 Å². The molecule has 3 heterocycles. The van der Waals surface area contributed by atoms with E-state index in [0.29, 0.717) is 13.2 Å². The number of benzene rings is 2. The highest BCUT2D eigenvalue weighted by molar-refractivity contribution is 6.32. The van der Waals surface area contributed by atoms with Crippen molar-refractivity contribution < 1.29 is 22.6 Å². The van der Waals surface area contributed by atoms with Crippen LogP contribution < -0.4 is 15.0 Å². The molecule has 1 aliphatic rings. The molecule has 5 rings (SSSR count). The van der Waals surface area contributed by atoms with Crippen molar-refractivity contribution in [2.24, 2.45) is 0 Å². The maximum atomic E-state index is 12.3. The minimum atomic E-state index is -4.76. The van der Waals surface area contributed by atoms with Crippen molar-refractivity contribution in [1.82, 2.24) is 30.3 Å². The summed E-state index contributed by atoms with van der Waals surface area (Å²) in [4.78, 5) is 2.27. The maximum absolute atomic E-state index is 12.3. The Kier molecular flexibility index (Phi) is 7.49. The Balaban J connectivity index is 1.01. The van der Waals surface area contributed by atoms with E-state index in [1.54, 1.807) is 18.7 Å². The highest BCUT2D eigenvalue weighted by Gasteiger charge is 2.32. The van der Waals surface area contributed by atoms with Gasteiger partial charge in [-0.2, -0.15) is 5.10 Å². The van der Waals surface area contributed by atoms with E-state index in [9.17, 15) is 13.2 Å². The number of hydrogen-bond donors (Lipinski definition) is 2. The van der Waals surface area contributed by atoms with E-state index in [-0.39, 0.29) is 11.1 Å². The molecule has 196 valence electrons. The zero-order valence-electron chi connectivity index (χ0n) is 19.7. The smallest absolute Gasteiger partial charge is 0.404 e. The van der Waals surface area contributed by atoms with Crippen LogP contribution in [-0.2, 0) is 11.3 Å². The molecule has 0 amide bonds. The number of H-pyrrole nitrogens is 1. The van der Waals surface area contributed by atoms with Crippen LogP contribution in [0, 0.1) is 0 Å². The zero-order valence-corrected chi connectivity index (χ0v) is 20.5. The van der Waals surface area contributed by atoms with Gasteiger partial charge in [-0.15, -0.1) is 23.4 Å². The zero-order chi connectivity index (χ0) is 25.8. The van der Waals surface area contributed by atoms with Crippen LogP contribution in [0.15, 0.2) is 49.2 Å². The summed E-state index contributed by atoms with van der Waals surface area (Å²) in [6.45, 7) is 3.53. The molecule has 13 heteroatoms. The van der Waals surface area contributed by atoms with Gasteiger partial charge < -0.3 is 19.7 Å². The van der Waals surface area contributed by atoms with Crippen LogP contribution in [0.3, 0.4) is 0 Å². The van der Waals surface area contributed by atoms with Gasteiger partial charge in [-0.3, -0.25) is 9.67 Å². The van der Waals surface area contributed by atoms with Crippen LogP contribution in [0.1, 0.15) is 18.4 Å². The number of nitrogens with zero attached hydrogens (tertiary/aromatic N) is 5. The number of halogens is 4. The van der Waals surface area contributed by atoms with Gasteiger partial charge in [0.1, 0.15) is 18.4 Å². The first kappa shape index (κ1) is 25.3. The molecule has 0 atom stereocenters. The topological polar surface area (TPSA) is 93.1 Å². The lowest BCUT2D eigenvalue weighted by atomic mass is 10.1. The molecule has 0 bridgehead atoms. The van der Waals surface area contributed by atoms with Crippen molar-refractivity contribution in [3.8, 4) is 11.4 Å². The molecule has 0 saturated carbocycles. The fraction of sp³-hybridized carbons (Fsp3) is 0.375. The van der Waals surface area contributed by atoms with E-state index in [0.717, 1.165) is 60.3 Å². The standard InChI is InChI=1S/C24H25ClF3N7O2/c25-20-7-16(3-4-23(20)37-24(26,27)28)10-29-5-1-2-6-36-18-12-34(13-18)22-9-17(35-14-31-32-15-35)8-21-19(22)11-30-33-21/h3-4,7-9,11,14-15,18,29H,1-2,5-6,10,12-13H2,(H,30,33). The van der Waals surface area contributed by atoms with Gasteiger partial charge in [0.15, 0.2) is 0 Å². The summed E-state index contributed by atoms with van der Waals surface area (Å²) < 4.78 is 48.8. The van der Waals surface area contributed by atoms with Crippen LogP contribution in [0.4, 0.5) is 18.9 Å². The highest BCUT2D eigenvalue weighted by Crippen LogP contribution is 2.33. The Morgan fingerprint density at radius 3 is 2.68 bits per heavy atom. The normalized spacial score (nSPS) is 14.3. The molecule has 0 spiro atoms. The number of nitrogens with one attached hydrogen (secondary N) is 2. The summed E-state index contributed by atoms with van der Waals surface area (Å²) in [5.41, 5.74) is 3.79. The predicted molar refractivity (Wildman–Crippen MR) is 132 cm³/mol. The van der Waals surface area contributed by atoms with Gasteiger partial charge in [0.2, 0.25) is 0 Å². The summed E-state index contributed by atoms with van der Waals surface area (Å²) in [5.74, 6) is -0.401. The molecule has 0 aliphatic carbocycles. The summed E-state index contributed by atoms with van der Waals surface area (Å²) in [6, 6.07) is 8.38. The minimum Gasteiger partial charge on any atom is -0.404 e. The van der Waals surface area contributed by atoms with Crippen LogP contribution in [-0.4, -0.2) is 63.7 Å². The Bertz CT molecular complexity index is 1320. The predicted octanol–water partition coefficient (Wildman–Crippen LogP) is 4.47. The lowest BCUT2D eigenvalue weighted by Crippen LogP contribution is -2.52. The average molecular weight is 536 g/mol. The Hall–Kier alpha value is -3.35. The number of alkyl halides is 3. The second-order valence-corrected chi connectivity index (χ2v) is 9.17. The first-order valence-corrected chi connectivity index (χ1v) is 12.2. The second-order valence-electron chi connectivity index (χ2n) is 8.76. The monoisotopic (exact) mass is 535 g/mol. The van der Waals surface area contributed by atoms with Gasteiger partial charge in [-0.1, -0.05) is 17.7 Å². The van der Waals surface area contributed by atoms with E-state index >= 15 is 0 Å². The first-order chi connectivity index (χ1) is 17.9. The highest BCUT2D eigenvalue weighted by atomic mass is 35.5. The van der Waals surface area contributed by atoms with Gasteiger partial charge in [0, 0.05) is 31.6 Å². The molecule has 9 nitrogen and oxygen atoms in total. The Morgan fingerprint density at radius 2 is 1.92 bits per heavy atom. The number of anilines is 1. The molecule has 0 radical (unpaired) electrons. The molecule has 37 heavy (non-hydrogen) atoms. The van der Waals surface area contributed by atoms with Crippen molar-refractivity contribution >= 4 is 28.2 Å². The van der Waals surface area contributed by atoms with Crippen molar-refractivity contribution in [2.75, 3.05) is 31.1 Å². The molecule has 1 aliphatic heterocycles. The van der Waals surface area contributed by atoms with Crippen LogP contribution >= 0.6 is 11.6 Å². The first-order valence-electron chi connectivity index (χ1n) is 11.8. The number of aromatic nitrogens is 5. The molecule has 2 aromatic carbocycles. The second kappa shape index (κ2) is 11.0. The summed E-state index contributed by atoms with van der Waals surface area (Å²) in [5, 5.41) is 19.3. The number of ether oxygens (including phenoxy) is 2. The third-order valence-electron chi connectivity index (χ3n) is 6.08. The van der Waals surface area contributed by atoms with Crippen molar-refractivity contribution in [3.63, 3.8) is 0 Å². The largest absolute Gasteiger partial charge is 0.573 e. The van der Waals surface area contributed by atoms with Gasteiger partial charge in [0.25, 0.3) is 0 Å². The van der Waals surface area contributed by atoms with E-state index in [1.807, 2.05) is 16.8 Å². The van der Waals surface area contributed by atoms with Gasteiger partial charge in [0.05, 0.1) is 34.2 Å². The summed E-state index contributed by atoms with van der Waals surface area (Å²) in [7, 11) is 0. The molecule has 2 N–H and O–H groups in total. The fourth-order valence-electron chi connectivity index (χ4n) is 4.20. The molecular weight excluding hydrogens is 511 g/mol. The van der Waals surface area contributed by atoms with E-state index in [4.69, 9.17) is 16.3 Å². The third kappa shape index (κ3) is 6.32. The molecule has 1 saturated heterocycles. The summed E-state index contributed by atoms with van der Waals surface area (Å²) in [6.07, 6.45) is 2.38. The number of rotatable bonds is 11.